The smallest absolute Gasteiger partial charge is 0.145 e. The van der Waals surface area contributed by atoms with E-state index in [9.17, 15) is 0 Å². The van der Waals surface area contributed by atoms with Crippen molar-refractivity contribution in [2.75, 3.05) is 0 Å². The summed E-state index contributed by atoms with van der Waals surface area (Å²) in [5.74, 6) is 1.65. The Labute approximate surface area is 114 Å². The summed E-state index contributed by atoms with van der Waals surface area (Å²) < 4.78 is 5.95. The summed E-state index contributed by atoms with van der Waals surface area (Å²) in [4.78, 5) is 4.31. The van der Waals surface area contributed by atoms with Crippen molar-refractivity contribution < 1.29 is 4.74 Å². The molecule has 0 amide bonds. The van der Waals surface area contributed by atoms with Crippen LogP contribution in [-0.2, 0) is 0 Å². The van der Waals surface area contributed by atoms with E-state index in [1.807, 2.05) is 26.0 Å². The first-order chi connectivity index (χ1) is 8.99. The normalized spacial score (nSPS) is 12.3. The van der Waals surface area contributed by atoms with Crippen molar-refractivity contribution >= 4 is 0 Å². The van der Waals surface area contributed by atoms with E-state index >= 15 is 0 Å². The molecular weight excluding hydrogens is 236 g/mol. The average molecular weight is 256 g/mol. The monoisotopic (exact) mass is 256 g/mol. The van der Waals surface area contributed by atoms with E-state index < -0.39 is 0 Å². The maximum atomic E-state index is 5.95. The van der Waals surface area contributed by atoms with Gasteiger partial charge in [-0.3, -0.25) is 4.98 Å². The van der Waals surface area contributed by atoms with Gasteiger partial charge in [0.25, 0.3) is 0 Å². The quantitative estimate of drug-likeness (QED) is 0.908. The molecule has 0 bridgehead atoms. The SMILES string of the molecule is Cc1ccc(C)c(Oc2ccc([C@H](C)N)nc2)c1C. The number of rotatable bonds is 3. The predicted octanol–water partition coefficient (Wildman–Crippen LogP) is 3.82. The van der Waals surface area contributed by atoms with Crippen molar-refractivity contribution in [3.05, 3.63) is 52.8 Å². The lowest BCUT2D eigenvalue weighted by atomic mass is 10.1. The zero-order chi connectivity index (χ0) is 14.0. The standard InChI is InChI=1S/C16H20N2O/c1-10-5-6-11(2)16(12(10)3)19-14-7-8-15(13(4)17)18-9-14/h5-9,13H,17H2,1-4H3/t13-/m0/s1. The Kier molecular flexibility index (Phi) is 3.86. The van der Waals surface area contributed by atoms with Crippen LogP contribution in [0.25, 0.3) is 0 Å². The Balaban J connectivity index is 2.29. The summed E-state index contributed by atoms with van der Waals surface area (Å²) in [6.07, 6.45) is 1.72. The van der Waals surface area contributed by atoms with Crippen molar-refractivity contribution in [3.63, 3.8) is 0 Å². The average Bonchev–Trinajstić information content (AvgIpc) is 2.40. The van der Waals surface area contributed by atoms with Gasteiger partial charge < -0.3 is 10.5 Å². The second kappa shape index (κ2) is 5.41. The zero-order valence-corrected chi connectivity index (χ0v) is 11.9. The number of hydrogen-bond donors (Lipinski definition) is 1. The highest BCUT2D eigenvalue weighted by Crippen LogP contribution is 2.30. The first-order valence-corrected chi connectivity index (χ1v) is 6.45. The van der Waals surface area contributed by atoms with E-state index in [4.69, 9.17) is 10.5 Å². The summed E-state index contributed by atoms with van der Waals surface area (Å²) in [6, 6.07) is 7.93. The van der Waals surface area contributed by atoms with Gasteiger partial charge in [0, 0.05) is 6.04 Å². The predicted molar refractivity (Wildman–Crippen MR) is 77.6 cm³/mol. The summed E-state index contributed by atoms with van der Waals surface area (Å²) in [6.45, 7) is 8.11. The Morgan fingerprint density at radius 3 is 2.32 bits per heavy atom. The Hall–Kier alpha value is -1.87. The number of aryl methyl sites for hydroxylation is 2. The molecule has 0 aliphatic carbocycles. The minimum Gasteiger partial charge on any atom is -0.455 e. The molecule has 100 valence electrons. The van der Waals surface area contributed by atoms with Gasteiger partial charge in [0.1, 0.15) is 11.5 Å². The Morgan fingerprint density at radius 2 is 1.74 bits per heavy atom. The van der Waals surface area contributed by atoms with Crippen LogP contribution in [0.3, 0.4) is 0 Å². The topological polar surface area (TPSA) is 48.1 Å². The molecule has 0 unspecified atom stereocenters. The van der Waals surface area contributed by atoms with E-state index in [1.165, 1.54) is 5.56 Å². The van der Waals surface area contributed by atoms with E-state index in [1.54, 1.807) is 6.20 Å². The first kappa shape index (κ1) is 13.6. The highest BCUT2D eigenvalue weighted by Gasteiger charge is 2.08. The molecule has 0 saturated carbocycles. The number of nitrogens with zero attached hydrogens (tertiary/aromatic N) is 1. The summed E-state index contributed by atoms with van der Waals surface area (Å²) in [5.41, 5.74) is 10.2. The van der Waals surface area contributed by atoms with Crippen molar-refractivity contribution in [3.8, 4) is 11.5 Å². The lowest BCUT2D eigenvalue weighted by Gasteiger charge is -2.14. The maximum Gasteiger partial charge on any atom is 0.145 e. The van der Waals surface area contributed by atoms with Crippen LogP contribution in [0.15, 0.2) is 30.5 Å². The fourth-order valence-electron chi connectivity index (χ4n) is 1.92. The summed E-state index contributed by atoms with van der Waals surface area (Å²) >= 11 is 0. The lowest BCUT2D eigenvalue weighted by molar-refractivity contribution is 0.471. The van der Waals surface area contributed by atoms with Crippen LogP contribution in [0.4, 0.5) is 0 Å². The summed E-state index contributed by atoms with van der Waals surface area (Å²) in [5, 5.41) is 0. The number of pyridine rings is 1. The third kappa shape index (κ3) is 2.93. The molecule has 1 heterocycles. The van der Waals surface area contributed by atoms with Gasteiger partial charge in [-0.05, 0) is 56.5 Å². The van der Waals surface area contributed by atoms with Crippen LogP contribution in [-0.4, -0.2) is 4.98 Å². The summed E-state index contributed by atoms with van der Waals surface area (Å²) in [7, 11) is 0. The van der Waals surface area contributed by atoms with E-state index in [-0.39, 0.29) is 6.04 Å². The van der Waals surface area contributed by atoms with Crippen molar-refractivity contribution in [1.82, 2.24) is 4.98 Å². The number of nitrogens with two attached hydrogens (primary N) is 1. The van der Waals surface area contributed by atoms with Crippen LogP contribution in [0.1, 0.15) is 35.3 Å². The lowest BCUT2D eigenvalue weighted by Crippen LogP contribution is -2.06. The van der Waals surface area contributed by atoms with Crippen LogP contribution in [0.5, 0.6) is 11.5 Å². The third-order valence-corrected chi connectivity index (χ3v) is 3.32. The second-order valence-corrected chi connectivity index (χ2v) is 4.96. The molecule has 0 spiro atoms. The highest BCUT2D eigenvalue weighted by atomic mass is 16.5. The molecule has 19 heavy (non-hydrogen) atoms. The van der Waals surface area contributed by atoms with Crippen LogP contribution in [0, 0.1) is 20.8 Å². The minimum atomic E-state index is -0.0588. The molecule has 2 N–H and O–H groups in total. The molecule has 1 aromatic heterocycles. The number of hydrogen-bond acceptors (Lipinski definition) is 3. The molecule has 0 aliphatic rings. The van der Waals surface area contributed by atoms with Gasteiger partial charge in [0.2, 0.25) is 0 Å². The van der Waals surface area contributed by atoms with Gasteiger partial charge in [-0.15, -0.1) is 0 Å². The number of ether oxygens (including phenoxy) is 1. The molecule has 0 radical (unpaired) electrons. The van der Waals surface area contributed by atoms with Gasteiger partial charge in [-0.1, -0.05) is 12.1 Å². The Bertz CT molecular complexity index is 574. The maximum absolute atomic E-state index is 5.95. The molecule has 0 aliphatic heterocycles. The highest BCUT2D eigenvalue weighted by molar-refractivity contribution is 5.46. The van der Waals surface area contributed by atoms with Gasteiger partial charge in [-0.25, -0.2) is 0 Å². The first-order valence-electron chi connectivity index (χ1n) is 6.45. The number of aromatic nitrogens is 1. The van der Waals surface area contributed by atoms with Gasteiger partial charge >= 0.3 is 0 Å². The molecule has 3 nitrogen and oxygen atoms in total. The Morgan fingerprint density at radius 1 is 1.05 bits per heavy atom. The van der Waals surface area contributed by atoms with Crippen molar-refractivity contribution in [2.45, 2.75) is 33.7 Å². The van der Waals surface area contributed by atoms with Gasteiger partial charge in [-0.2, -0.15) is 0 Å². The molecule has 1 aromatic carbocycles. The van der Waals surface area contributed by atoms with Crippen molar-refractivity contribution in [1.29, 1.82) is 0 Å². The van der Waals surface area contributed by atoms with Crippen LogP contribution in [0.2, 0.25) is 0 Å². The minimum absolute atomic E-state index is 0.0588. The molecule has 3 heteroatoms. The number of benzene rings is 1. The fraction of sp³-hybridized carbons (Fsp3) is 0.312. The van der Waals surface area contributed by atoms with Crippen LogP contribution < -0.4 is 10.5 Å². The van der Waals surface area contributed by atoms with Crippen LogP contribution >= 0.6 is 0 Å². The molecule has 2 aromatic rings. The molecule has 0 fully saturated rings. The van der Waals surface area contributed by atoms with E-state index in [2.05, 4.69) is 31.0 Å². The molecule has 0 saturated heterocycles. The van der Waals surface area contributed by atoms with Gasteiger partial charge in [0.05, 0.1) is 11.9 Å². The largest absolute Gasteiger partial charge is 0.455 e. The van der Waals surface area contributed by atoms with Crippen molar-refractivity contribution in [2.24, 2.45) is 5.73 Å². The third-order valence-electron chi connectivity index (χ3n) is 3.32. The molecular formula is C16H20N2O. The fourth-order valence-corrected chi connectivity index (χ4v) is 1.92. The zero-order valence-electron chi connectivity index (χ0n) is 11.9. The second-order valence-electron chi connectivity index (χ2n) is 4.96. The van der Waals surface area contributed by atoms with Gasteiger partial charge in [0.15, 0.2) is 0 Å². The van der Waals surface area contributed by atoms with E-state index in [0.29, 0.717) is 0 Å². The molecule has 1 atom stereocenters. The van der Waals surface area contributed by atoms with E-state index in [0.717, 1.165) is 28.3 Å². The molecule has 2 rings (SSSR count).